The van der Waals surface area contributed by atoms with Gasteiger partial charge in [-0.1, -0.05) is 6.92 Å². The second-order valence-electron chi connectivity index (χ2n) is 3.25. The summed E-state index contributed by atoms with van der Waals surface area (Å²) in [6.45, 7) is 2.69. The van der Waals surface area contributed by atoms with Crippen molar-refractivity contribution in [1.29, 1.82) is 0 Å². The molecule has 1 heterocycles. The van der Waals surface area contributed by atoms with E-state index in [2.05, 4.69) is 10.3 Å². The lowest BCUT2D eigenvalue weighted by atomic mass is 10.2. The molecule has 4 nitrogen and oxygen atoms in total. The summed E-state index contributed by atoms with van der Waals surface area (Å²) in [6.07, 6.45) is 2.91. The van der Waals surface area contributed by atoms with Crippen LogP contribution in [0.25, 0.3) is 0 Å². The lowest BCUT2D eigenvalue weighted by molar-refractivity contribution is 0.164. The van der Waals surface area contributed by atoms with Crippen molar-refractivity contribution >= 4 is 11.5 Å². The minimum absolute atomic E-state index is 0.226. The number of pyridine rings is 1. The predicted octanol–water partition coefficient (Wildman–Crippen LogP) is 1.24. The minimum atomic E-state index is -0.226. The summed E-state index contributed by atoms with van der Waals surface area (Å²) in [6, 6.07) is 3.62. The van der Waals surface area contributed by atoms with E-state index in [1.807, 2.05) is 13.0 Å². The van der Waals surface area contributed by atoms with E-state index in [0.717, 1.165) is 25.2 Å². The number of nitrogen functional groups attached to an aromatic ring is 1. The lowest BCUT2D eigenvalue weighted by Gasteiger charge is -2.08. The molecule has 1 atom stereocenters. The van der Waals surface area contributed by atoms with Gasteiger partial charge in [-0.05, 0) is 25.0 Å². The molecule has 1 aromatic rings. The van der Waals surface area contributed by atoms with Gasteiger partial charge in [0.25, 0.3) is 0 Å². The van der Waals surface area contributed by atoms with Crippen LogP contribution >= 0.6 is 0 Å². The summed E-state index contributed by atoms with van der Waals surface area (Å²) < 4.78 is 0. The minimum Gasteiger partial charge on any atom is -0.397 e. The van der Waals surface area contributed by atoms with Crippen molar-refractivity contribution in [3.05, 3.63) is 18.3 Å². The number of anilines is 2. The Morgan fingerprint density at radius 3 is 2.93 bits per heavy atom. The summed E-state index contributed by atoms with van der Waals surface area (Å²) in [5, 5.41) is 12.4. The Morgan fingerprint density at radius 2 is 2.36 bits per heavy atom. The number of aliphatic hydroxyl groups excluding tert-OH is 1. The molecule has 14 heavy (non-hydrogen) atoms. The van der Waals surface area contributed by atoms with Crippen LogP contribution in [0.15, 0.2) is 18.3 Å². The van der Waals surface area contributed by atoms with Crippen molar-refractivity contribution < 1.29 is 5.11 Å². The maximum absolute atomic E-state index is 9.30. The van der Waals surface area contributed by atoms with Gasteiger partial charge in [-0.2, -0.15) is 0 Å². The SMILES string of the molecule is CCC(O)CCNc1ccc(N)cn1. The first-order valence-electron chi connectivity index (χ1n) is 4.86. The first-order valence-corrected chi connectivity index (χ1v) is 4.86. The molecule has 0 saturated carbocycles. The Balaban J connectivity index is 2.28. The van der Waals surface area contributed by atoms with E-state index in [1.54, 1.807) is 12.3 Å². The Morgan fingerprint density at radius 1 is 1.57 bits per heavy atom. The number of nitrogens with one attached hydrogen (secondary N) is 1. The third kappa shape index (κ3) is 3.62. The Labute approximate surface area is 84.2 Å². The zero-order valence-electron chi connectivity index (χ0n) is 8.40. The van der Waals surface area contributed by atoms with Gasteiger partial charge in [-0.15, -0.1) is 0 Å². The van der Waals surface area contributed by atoms with E-state index in [1.165, 1.54) is 0 Å². The van der Waals surface area contributed by atoms with E-state index in [0.29, 0.717) is 5.69 Å². The van der Waals surface area contributed by atoms with Crippen molar-refractivity contribution in [1.82, 2.24) is 4.98 Å². The highest BCUT2D eigenvalue weighted by atomic mass is 16.3. The second-order valence-corrected chi connectivity index (χ2v) is 3.25. The van der Waals surface area contributed by atoms with Crippen LogP contribution in [-0.2, 0) is 0 Å². The van der Waals surface area contributed by atoms with Gasteiger partial charge in [0.1, 0.15) is 5.82 Å². The molecule has 1 aromatic heterocycles. The topological polar surface area (TPSA) is 71.2 Å². The average Bonchev–Trinajstić information content (AvgIpc) is 2.21. The smallest absolute Gasteiger partial charge is 0.126 e. The zero-order chi connectivity index (χ0) is 10.4. The molecule has 0 bridgehead atoms. The molecule has 0 amide bonds. The third-order valence-corrected chi connectivity index (χ3v) is 2.04. The summed E-state index contributed by atoms with van der Waals surface area (Å²) in [7, 11) is 0. The van der Waals surface area contributed by atoms with Crippen molar-refractivity contribution in [2.24, 2.45) is 0 Å². The molecule has 1 unspecified atom stereocenters. The maximum Gasteiger partial charge on any atom is 0.126 e. The molecule has 0 spiro atoms. The van der Waals surface area contributed by atoms with Crippen LogP contribution in [-0.4, -0.2) is 22.7 Å². The highest BCUT2D eigenvalue weighted by Gasteiger charge is 1.99. The standard InChI is InChI=1S/C10H17N3O/c1-2-9(14)5-6-12-10-4-3-8(11)7-13-10/h3-4,7,9,14H,2,5-6,11H2,1H3,(H,12,13). The van der Waals surface area contributed by atoms with Gasteiger partial charge in [0.2, 0.25) is 0 Å². The highest BCUT2D eigenvalue weighted by molar-refractivity contribution is 5.43. The normalized spacial score (nSPS) is 12.4. The van der Waals surface area contributed by atoms with Crippen LogP contribution in [0.5, 0.6) is 0 Å². The van der Waals surface area contributed by atoms with Gasteiger partial charge in [0, 0.05) is 6.54 Å². The molecular formula is C10H17N3O. The molecule has 4 N–H and O–H groups in total. The van der Waals surface area contributed by atoms with Gasteiger partial charge >= 0.3 is 0 Å². The lowest BCUT2D eigenvalue weighted by Crippen LogP contribution is -2.12. The Bertz CT molecular complexity index is 261. The molecular weight excluding hydrogens is 178 g/mol. The number of nitrogens with zero attached hydrogens (tertiary/aromatic N) is 1. The van der Waals surface area contributed by atoms with Crippen LogP contribution in [0.3, 0.4) is 0 Å². The fraction of sp³-hybridized carbons (Fsp3) is 0.500. The number of aromatic nitrogens is 1. The molecule has 78 valence electrons. The van der Waals surface area contributed by atoms with Crippen LogP contribution in [0.1, 0.15) is 19.8 Å². The van der Waals surface area contributed by atoms with Crippen LogP contribution in [0.2, 0.25) is 0 Å². The second kappa shape index (κ2) is 5.44. The maximum atomic E-state index is 9.30. The van der Waals surface area contributed by atoms with E-state index in [9.17, 15) is 5.11 Å². The van der Waals surface area contributed by atoms with Gasteiger partial charge < -0.3 is 16.2 Å². The first-order chi connectivity index (χ1) is 6.72. The van der Waals surface area contributed by atoms with Crippen molar-refractivity contribution in [2.75, 3.05) is 17.6 Å². The molecule has 0 aromatic carbocycles. The van der Waals surface area contributed by atoms with E-state index in [-0.39, 0.29) is 6.10 Å². The largest absolute Gasteiger partial charge is 0.397 e. The van der Waals surface area contributed by atoms with Crippen LogP contribution in [0, 0.1) is 0 Å². The number of nitrogens with two attached hydrogens (primary N) is 1. The van der Waals surface area contributed by atoms with Crippen molar-refractivity contribution in [3.8, 4) is 0 Å². The summed E-state index contributed by atoms with van der Waals surface area (Å²) >= 11 is 0. The van der Waals surface area contributed by atoms with E-state index in [4.69, 9.17) is 5.73 Å². The first kappa shape index (κ1) is 10.8. The number of rotatable bonds is 5. The molecule has 1 rings (SSSR count). The Hall–Kier alpha value is -1.29. The number of aliphatic hydroxyl groups is 1. The molecule has 4 heteroatoms. The van der Waals surface area contributed by atoms with Gasteiger partial charge in [0.05, 0.1) is 18.0 Å². The number of hydrogen-bond acceptors (Lipinski definition) is 4. The Kier molecular flexibility index (Phi) is 4.19. The monoisotopic (exact) mass is 195 g/mol. The number of hydrogen-bond donors (Lipinski definition) is 3. The van der Waals surface area contributed by atoms with Crippen LogP contribution in [0.4, 0.5) is 11.5 Å². The third-order valence-electron chi connectivity index (χ3n) is 2.04. The van der Waals surface area contributed by atoms with Gasteiger partial charge in [-0.3, -0.25) is 0 Å². The predicted molar refractivity (Wildman–Crippen MR) is 58.1 cm³/mol. The summed E-state index contributed by atoms with van der Waals surface area (Å²) in [5.74, 6) is 0.794. The summed E-state index contributed by atoms with van der Waals surface area (Å²) in [5.41, 5.74) is 6.15. The molecule has 0 aliphatic carbocycles. The molecule has 0 radical (unpaired) electrons. The fourth-order valence-corrected chi connectivity index (χ4v) is 1.08. The average molecular weight is 195 g/mol. The fourth-order valence-electron chi connectivity index (χ4n) is 1.08. The van der Waals surface area contributed by atoms with Gasteiger partial charge in [0.15, 0.2) is 0 Å². The van der Waals surface area contributed by atoms with E-state index < -0.39 is 0 Å². The molecule has 0 aliphatic heterocycles. The molecule has 0 fully saturated rings. The van der Waals surface area contributed by atoms with E-state index >= 15 is 0 Å². The van der Waals surface area contributed by atoms with Gasteiger partial charge in [-0.25, -0.2) is 4.98 Å². The quantitative estimate of drug-likeness (QED) is 0.661. The molecule has 0 saturated heterocycles. The highest BCUT2D eigenvalue weighted by Crippen LogP contribution is 2.06. The molecule has 0 aliphatic rings. The van der Waals surface area contributed by atoms with Crippen molar-refractivity contribution in [3.63, 3.8) is 0 Å². The summed E-state index contributed by atoms with van der Waals surface area (Å²) in [4.78, 5) is 4.08. The zero-order valence-corrected chi connectivity index (χ0v) is 8.40. The van der Waals surface area contributed by atoms with Crippen molar-refractivity contribution in [2.45, 2.75) is 25.9 Å². The van der Waals surface area contributed by atoms with Crippen LogP contribution < -0.4 is 11.1 Å².